The number of hydrogen-bond donors (Lipinski definition) is 2. The zero-order valence-electron chi connectivity index (χ0n) is 18.4. The lowest BCUT2D eigenvalue weighted by molar-refractivity contribution is -0.120. The van der Waals surface area contributed by atoms with Crippen LogP contribution in [0.3, 0.4) is 0 Å². The maximum Gasteiger partial charge on any atom is 0.408 e. The normalized spacial score (nSPS) is 21.8. The van der Waals surface area contributed by atoms with Gasteiger partial charge >= 0.3 is 12.6 Å². The van der Waals surface area contributed by atoms with Crippen LogP contribution in [0.2, 0.25) is 0 Å². The van der Waals surface area contributed by atoms with E-state index >= 15 is 0 Å². The van der Waals surface area contributed by atoms with E-state index < -0.39 is 42.3 Å². The van der Waals surface area contributed by atoms with Crippen molar-refractivity contribution >= 4 is 17.7 Å². The number of carbonyl (C=O) groups excluding carboxylic acids is 2. The molecule has 2 heterocycles. The molecule has 0 radical (unpaired) electrons. The second-order valence-corrected chi connectivity index (χ2v) is 8.91. The fourth-order valence-electron chi connectivity index (χ4n) is 3.62. The monoisotopic (exact) mass is 452 g/mol. The van der Waals surface area contributed by atoms with E-state index in [1.54, 1.807) is 52.0 Å². The van der Waals surface area contributed by atoms with E-state index in [-0.39, 0.29) is 24.2 Å². The topological polar surface area (TPSA) is 85.2 Å². The molecule has 0 saturated heterocycles. The molecule has 0 fully saturated rings. The molecule has 1 aromatic carbocycles. The average molecular weight is 452 g/mol. The number of nitrogens with one attached hydrogen (secondary N) is 2. The van der Waals surface area contributed by atoms with Crippen molar-refractivity contribution in [1.82, 2.24) is 15.1 Å². The zero-order chi connectivity index (χ0) is 23.6. The van der Waals surface area contributed by atoms with Crippen LogP contribution in [0.4, 0.5) is 23.7 Å². The quantitative estimate of drug-likeness (QED) is 0.655. The fourth-order valence-corrected chi connectivity index (χ4v) is 3.62. The Labute approximate surface area is 184 Å². The van der Waals surface area contributed by atoms with Gasteiger partial charge in [0.1, 0.15) is 11.8 Å². The summed E-state index contributed by atoms with van der Waals surface area (Å²) < 4.78 is 47.9. The standard InChI is InChI=1S/C22H27F3N4O3/c1-12-8-15(23)10-16(28-21(31)32-22(2,3)4)13-6-5-7-14(9-13)18-17(27-19(12)30)11-26-29(18)20(24)25/h5-7,9,11-12,15-16,20H,8,10H2,1-4H3,(H,27,30)(H,28,31)/t12-,15?,16+/m1/s1. The zero-order valence-corrected chi connectivity index (χ0v) is 18.4. The minimum Gasteiger partial charge on any atom is -0.444 e. The lowest BCUT2D eigenvalue weighted by atomic mass is 9.93. The van der Waals surface area contributed by atoms with Crippen molar-refractivity contribution in [2.24, 2.45) is 5.92 Å². The minimum atomic E-state index is -2.93. The Morgan fingerprint density at radius 1 is 1.31 bits per heavy atom. The van der Waals surface area contributed by atoms with Crippen LogP contribution in [0.15, 0.2) is 30.5 Å². The summed E-state index contributed by atoms with van der Waals surface area (Å²) in [5.41, 5.74) is 0.235. The number of nitrogens with zero attached hydrogens (tertiary/aromatic N) is 2. The number of aromatic nitrogens is 2. The highest BCUT2D eigenvalue weighted by atomic mass is 19.3. The molecule has 2 amide bonds. The average Bonchev–Trinajstić information content (AvgIpc) is 3.09. The van der Waals surface area contributed by atoms with Crippen molar-refractivity contribution in [3.8, 4) is 11.3 Å². The second kappa shape index (κ2) is 9.22. The first-order valence-electron chi connectivity index (χ1n) is 10.3. The van der Waals surface area contributed by atoms with Crippen LogP contribution in [0, 0.1) is 5.92 Å². The van der Waals surface area contributed by atoms with E-state index in [9.17, 15) is 22.8 Å². The summed E-state index contributed by atoms with van der Waals surface area (Å²) >= 11 is 0. The Bertz CT molecular complexity index is 987. The number of alkyl carbamates (subject to hydrolysis) is 1. The molecule has 1 aromatic heterocycles. The van der Waals surface area contributed by atoms with Crippen molar-refractivity contribution in [3.05, 3.63) is 36.0 Å². The molecule has 0 aliphatic carbocycles. The molecule has 3 rings (SSSR count). The predicted octanol–water partition coefficient (Wildman–Crippen LogP) is 5.22. The van der Waals surface area contributed by atoms with E-state index in [0.717, 1.165) is 6.20 Å². The van der Waals surface area contributed by atoms with Gasteiger partial charge in [0.25, 0.3) is 0 Å². The van der Waals surface area contributed by atoms with Crippen molar-refractivity contribution in [3.63, 3.8) is 0 Å². The number of anilines is 1. The van der Waals surface area contributed by atoms with Crippen LogP contribution >= 0.6 is 0 Å². The Kier molecular flexibility index (Phi) is 6.80. The maximum absolute atomic E-state index is 14.9. The summed E-state index contributed by atoms with van der Waals surface area (Å²) in [6, 6.07) is 5.66. The molecule has 7 nitrogen and oxygen atoms in total. The first-order chi connectivity index (χ1) is 14.9. The van der Waals surface area contributed by atoms with Gasteiger partial charge in [0, 0.05) is 17.9 Å². The van der Waals surface area contributed by atoms with Crippen molar-refractivity contribution < 1.29 is 27.5 Å². The van der Waals surface area contributed by atoms with E-state index in [0.29, 0.717) is 15.8 Å². The van der Waals surface area contributed by atoms with Crippen LogP contribution in [0.25, 0.3) is 11.3 Å². The molecule has 0 spiro atoms. The molecule has 1 aliphatic heterocycles. The van der Waals surface area contributed by atoms with Gasteiger partial charge in [-0.1, -0.05) is 25.1 Å². The summed E-state index contributed by atoms with van der Waals surface area (Å²) in [5.74, 6) is -1.23. The number of halogens is 3. The Balaban J connectivity index is 2.07. The van der Waals surface area contributed by atoms with Crippen LogP contribution in [0.1, 0.15) is 58.7 Å². The van der Waals surface area contributed by atoms with E-state index in [2.05, 4.69) is 15.7 Å². The highest BCUT2D eigenvalue weighted by molar-refractivity contribution is 5.96. The number of amides is 2. The summed E-state index contributed by atoms with van der Waals surface area (Å²) in [6.45, 7) is 3.74. The number of carbonyl (C=O) groups is 2. The summed E-state index contributed by atoms with van der Waals surface area (Å²) in [6.07, 6.45) is -1.19. The van der Waals surface area contributed by atoms with E-state index in [1.807, 2.05) is 0 Å². The van der Waals surface area contributed by atoms with Crippen molar-refractivity contribution in [2.75, 3.05) is 5.32 Å². The van der Waals surface area contributed by atoms with Gasteiger partial charge in [0.15, 0.2) is 0 Å². The Morgan fingerprint density at radius 3 is 2.69 bits per heavy atom. The van der Waals surface area contributed by atoms with Crippen molar-refractivity contribution in [2.45, 2.75) is 64.9 Å². The lowest BCUT2D eigenvalue weighted by Crippen LogP contribution is -2.36. The predicted molar refractivity (Wildman–Crippen MR) is 113 cm³/mol. The van der Waals surface area contributed by atoms with Gasteiger partial charge in [-0.15, -0.1) is 0 Å². The van der Waals surface area contributed by atoms with Gasteiger partial charge in [0.05, 0.1) is 23.6 Å². The van der Waals surface area contributed by atoms with Gasteiger partial charge in [0.2, 0.25) is 5.91 Å². The Morgan fingerprint density at radius 2 is 2.03 bits per heavy atom. The summed E-state index contributed by atoms with van der Waals surface area (Å²) in [7, 11) is 0. The SMILES string of the molecule is C[C@@H]1CC(F)C[C@H](NC(=O)OC(C)(C)C)c2cccc(c2)-c2c(cnn2C(F)F)NC1=O. The molecular weight excluding hydrogens is 425 g/mol. The third-order valence-corrected chi connectivity index (χ3v) is 5.04. The van der Waals surface area contributed by atoms with Crippen LogP contribution in [-0.4, -0.2) is 33.6 Å². The minimum absolute atomic E-state index is 0.0239. The highest BCUT2D eigenvalue weighted by Gasteiger charge is 2.29. The van der Waals surface area contributed by atoms with Gasteiger partial charge in [-0.05, 0) is 38.8 Å². The van der Waals surface area contributed by atoms with Gasteiger partial charge < -0.3 is 15.4 Å². The third-order valence-electron chi connectivity index (χ3n) is 5.04. The number of ether oxygens (including phenoxy) is 1. The number of benzene rings is 1. The summed E-state index contributed by atoms with van der Waals surface area (Å²) in [5, 5.41) is 8.98. The number of alkyl halides is 3. The summed E-state index contributed by atoms with van der Waals surface area (Å²) in [4.78, 5) is 25.0. The van der Waals surface area contributed by atoms with Crippen LogP contribution in [-0.2, 0) is 9.53 Å². The fraction of sp³-hybridized carbons (Fsp3) is 0.500. The molecule has 2 bridgehead atoms. The van der Waals surface area contributed by atoms with Gasteiger partial charge in [-0.25, -0.2) is 13.9 Å². The number of hydrogen-bond acceptors (Lipinski definition) is 4. The van der Waals surface area contributed by atoms with Crippen molar-refractivity contribution in [1.29, 1.82) is 0 Å². The van der Waals surface area contributed by atoms with Crippen LogP contribution in [0.5, 0.6) is 0 Å². The lowest BCUT2D eigenvalue weighted by Gasteiger charge is -2.26. The molecular formula is C22H27F3N4O3. The number of fused-ring (bicyclic) bond motifs is 4. The highest BCUT2D eigenvalue weighted by Crippen LogP contribution is 2.35. The molecule has 1 aliphatic rings. The molecule has 3 atom stereocenters. The largest absolute Gasteiger partial charge is 0.444 e. The van der Waals surface area contributed by atoms with Crippen LogP contribution < -0.4 is 10.6 Å². The molecule has 0 saturated carbocycles. The molecule has 2 aromatic rings. The smallest absolute Gasteiger partial charge is 0.408 e. The third kappa shape index (κ3) is 5.60. The Hall–Kier alpha value is -3.04. The molecule has 1 unspecified atom stereocenters. The van der Waals surface area contributed by atoms with Gasteiger partial charge in [-0.3, -0.25) is 4.79 Å². The molecule has 174 valence electrons. The second-order valence-electron chi connectivity index (χ2n) is 8.91. The van der Waals surface area contributed by atoms with E-state index in [1.165, 1.54) is 0 Å². The van der Waals surface area contributed by atoms with E-state index in [4.69, 9.17) is 4.74 Å². The first kappa shape index (κ1) is 23.6. The number of rotatable bonds is 2. The van der Waals surface area contributed by atoms with Gasteiger partial charge in [-0.2, -0.15) is 13.9 Å². The maximum atomic E-state index is 14.9. The molecule has 2 N–H and O–H groups in total. The molecule has 32 heavy (non-hydrogen) atoms. The molecule has 10 heteroatoms. The first-order valence-corrected chi connectivity index (χ1v) is 10.3.